The second kappa shape index (κ2) is 8.26. The Morgan fingerprint density at radius 3 is 2.79 bits per heavy atom. The highest BCUT2D eigenvalue weighted by atomic mass is 32.2. The van der Waals surface area contributed by atoms with Gasteiger partial charge in [0.05, 0.1) is 17.6 Å². The maximum atomic E-state index is 5.40. The lowest BCUT2D eigenvalue weighted by molar-refractivity contribution is 0.385. The highest BCUT2D eigenvalue weighted by molar-refractivity contribution is 7.98. The average Bonchev–Trinajstić information content (AvgIpc) is 3.42. The van der Waals surface area contributed by atoms with Gasteiger partial charge in [0.2, 0.25) is 5.89 Å². The molecule has 0 aliphatic carbocycles. The maximum Gasteiger partial charge on any atom is 0.237 e. The SMILES string of the molecule is C=CCn1c(SCc2nc(Cc3ccccc3)no2)nnc1-c1ccoc1C. The van der Waals surface area contributed by atoms with Crippen LogP contribution in [0.3, 0.4) is 0 Å². The Kier molecular flexibility index (Phi) is 5.38. The molecule has 4 rings (SSSR count). The van der Waals surface area contributed by atoms with Gasteiger partial charge in [0.1, 0.15) is 5.76 Å². The minimum absolute atomic E-state index is 0.515. The molecule has 0 unspecified atom stereocenters. The van der Waals surface area contributed by atoms with Crippen LogP contribution in [0.4, 0.5) is 0 Å². The standard InChI is InChI=1S/C20H19N5O2S/c1-3-10-25-19(16-9-11-26-14(16)2)22-23-20(25)28-13-18-21-17(24-27-18)12-15-7-5-4-6-8-15/h3-9,11H,1,10,12-13H2,2H3. The van der Waals surface area contributed by atoms with Gasteiger partial charge in [-0.25, -0.2) is 0 Å². The Hall–Kier alpha value is -3.13. The minimum Gasteiger partial charge on any atom is -0.469 e. The van der Waals surface area contributed by atoms with Gasteiger partial charge in [-0.3, -0.25) is 4.57 Å². The fourth-order valence-electron chi connectivity index (χ4n) is 2.83. The molecular formula is C20H19N5O2S. The molecule has 7 nitrogen and oxygen atoms in total. The zero-order valence-electron chi connectivity index (χ0n) is 15.4. The lowest BCUT2D eigenvalue weighted by atomic mass is 10.1. The van der Waals surface area contributed by atoms with Crippen LogP contribution in [0.1, 0.15) is 23.0 Å². The largest absolute Gasteiger partial charge is 0.469 e. The number of benzene rings is 1. The van der Waals surface area contributed by atoms with Crippen LogP contribution in [-0.2, 0) is 18.7 Å². The van der Waals surface area contributed by atoms with Crippen molar-refractivity contribution in [2.24, 2.45) is 0 Å². The molecule has 142 valence electrons. The number of nitrogens with zero attached hydrogens (tertiary/aromatic N) is 5. The van der Waals surface area contributed by atoms with Crippen LogP contribution in [0, 0.1) is 6.92 Å². The zero-order valence-corrected chi connectivity index (χ0v) is 16.2. The second-order valence-corrected chi connectivity index (χ2v) is 7.09. The van der Waals surface area contributed by atoms with E-state index in [1.165, 1.54) is 11.8 Å². The first-order chi connectivity index (χ1) is 13.7. The molecule has 0 fully saturated rings. The number of aryl methyl sites for hydroxylation is 1. The second-order valence-electron chi connectivity index (χ2n) is 6.15. The third-order valence-corrected chi connectivity index (χ3v) is 5.12. The first-order valence-corrected chi connectivity index (χ1v) is 9.80. The highest BCUT2D eigenvalue weighted by Crippen LogP contribution is 2.28. The van der Waals surface area contributed by atoms with Crippen LogP contribution >= 0.6 is 11.8 Å². The molecular weight excluding hydrogens is 374 g/mol. The lowest BCUT2D eigenvalue weighted by Gasteiger charge is -2.06. The summed E-state index contributed by atoms with van der Waals surface area (Å²) >= 11 is 1.50. The summed E-state index contributed by atoms with van der Waals surface area (Å²) in [5, 5.41) is 13.5. The monoisotopic (exact) mass is 393 g/mol. The first-order valence-electron chi connectivity index (χ1n) is 8.81. The summed E-state index contributed by atoms with van der Waals surface area (Å²) in [6, 6.07) is 12.0. The van der Waals surface area contributed by atoms with E-state index < -0.39 is 0 Å². The molecule has 3 aromatic heterocycles. The molecule has 1 aromatic carbocycles. The van der Waals surface area contributed by atoms with Gasteiger partial charge in [-0.15, -0.1) is 16.8 Å². The molecule has 8 heteroatoms. The lowest BCUT2D eigenvalue weighted by Crippen LogP contribution is -2.01. The first kappa shape index (κ1) is 18.2. The van der Waals surface area contributed by atoms with Crippen molar-refractivity contribution < 1.29 is 8.94 Å². The molecule has 0 N–H and O–H groups in total. The summed E-state index contributed by atoms with van der Waals surface area (Å²) in [5.74, 6) is 3.30. The number of allylic oxidation sites excluding steroid dienone is 1. The minimum atomic E-state index is 0.515. The van der Waals surface area contributed by atoms with Crippen LogP contribution in [-0.4, -0.2) is 24.9 Å². The predicted molar refractivity (Wildman–Crippen MR) is 106 cm³/mol. The number of hydrogen-bond donors (Lipinski definition) is 0. The van der Waals surface area contributed by atoms with Gasteiger partial charge in [0.15, 0.2) is 16.8 Å². The molecule has 28 heavy (non-hydrogen) atoms. The molecule has 0 amide bonds. The number of furan rings is 1. The summed E-state index contributed by atoms with van der Waals surface area (Å²) in [6.45, 7) is 6.33. The molecule has 0 radical (unpaired) electrons. The van der Waals surface area contributed by atoms with Crippen molar-refractivity contribution in [2.75, 3.05) is 0 Å². The Morgan fingerprint density at radius 1 is 1.18 bits per heavy atom. The van der Waals surface area contributed by atoms with Crippen LogP contribution < -0.4 is 0 Å². The highest BCUT2D eigenvalue weighted by Gasteiger charge is 2.18. The molecule has 0 spiro atoms. The van der Waals surface area contributed by atoms with Gasteiger partial charge < -0.3 is 8.94 Å². The van der Waals surface area contributed by atoms with E-state index in [4.69, 9.17) is 8.94 Å². The van der Waals surface area contributed by atoms with Crippen LogP contribution in [0.2, 0.25) is 0 Å². The Labute approximate surface area is 166 Å². The third kappa shape index (κ3) is 3.91. The molecule has 0 saturated heterocycles. The fourth-order valence-corrected chi connectivity index (χ4v) is 3.62. The van der Waals surface area contributed by atoms with Crippen molar-refractivity contribution in [1.29, 1.82) is 0 Å². The van der Waals surface area contributed by atoms with E-state index in [0.29, 0.717) is 30.4 Å². The smallest absolute Gasteiger partial charge is 0.237 e. The zero-order chi connectivity index (χ0) is 19.3. The van der Waals surface area contributed by atoms with E-state index in [9.17, 15) is 0 Å². The van der Waals surface area contributed by atoms with Crippen molar-refractivity contribution in [3.05, 3.63) is 78.4 Å². The van der Waals surface area contributed by atoms with Crippen LogP contribution in [0.5, 0.6) is 0 Å². The summed E-state index contributed by atoms with van der Waals surface area (Å²) in [6.07, 6.45) is 4.11. The molecule has 4 aromatic rings. The van der Waals surface area contributed by atoms with E-state index in [0.717, 1.165) is 27.9 Å². The van der Waals surface area contributed by atoms with Gasteiger partial charge in [0.25, 0.3) is 0 Å². The predicted octanol–water partition coefficient (Wildman–Crippen LogP) is 4.30. The Balaban J connectivity index is 1.47. The van der Waals surface area contributed by atoms with Gasteiger partial charge in [0, 0.05) is 13.0 Å². The number of aromatic nitrogens is 5. The summed E-state index contributed by atoms with van der Waals surface area (Å²) in [5.41, 5.74) is 2.07. The van der Waals surface area contributed by atoms with Crippen LogP contribution in [0.25, 0.3) is 11.4 Å². The molecule has 3 heterocycles. The van der Waals surface area contributed by atoms with Gasteiger partial charge >= 0.3 is 0 Å². The molecule has 0 aliphatic heterocycles. The van der Waals surface area contributed by atoms with Gasteiger partial charge in [-0.2, -0.15) is 4.98 Å². The normalized spacial score (nSPS) is 11.0. The van der Waals surface area contributed by atoms with E-state index in [1.54, 1.807) is 6.26 Å². The van der Waals surface area contributed by atoms with E-state index in [2.05, 4.69) is 26.9 Å². The molecule has 0 aliphatic rings. The van der Waals surface area contributed by atoms with E-state index in [1.807, 2.05) is 54.0 Å². The quantitative estimate of drug-likeness (QED) is 0.326. The van der Waals surface area contributed by atoms with Gasteiger partial charge in [-0.05, 0) is 18.6 Å². The maximum absolute atomic E-state index is 5.40. The van der Waals surface area contributed by atoms with E-state index >= 15 is 0 Å². The van der Waals surface area contributed by atoms with Gasteiger partial charge in [-0.1, -0.05) is 53.3 Å². The number of thioether (sulfide) groups is 1. The summed E-state index contributed by atoms with van der Waals surface area (Å²) in [7, 11) is 0. The van der Waals surface area contributed by atoms with Crippen molar-refractivity contribution >= 4 is 11.8 Å². The number of rotatable bonds is 8. The third-order valence-electron chi connectivity index (χ3n) is 4.17. The van der Waals surface area contributed by atoms with Crippen molar-refractivity contribution in [3.8, 4) is 11.4 Å². The topological polar surface area (TPSA) is 82.8 Å². The van der Waals surface area contributed by atoms with E-state index in [-0.39, 0.29) is 0 Å². The molecule has 0 saturated carbocycles. The van der Waals surface area contributed by atoms with Crippen LogP contribution in [0.15, 0.2) is 69.4 Å². The van der Waals surface area contributed by atoms with Crippen molar-refractivity contribution in [2.45, 2.75) is 30.8 Å². The Morgan fingerprint density at radius 2 is 2.04 bits per heavy atom. The fraction of sp³-hybridized carbons (Fsp3) is 0.200. The number of hydrogen-bond acceptors (Lipinski definition) is 7. The molecule has 0 atom stereocenters. The van der Waals surface area contributed by atoms with Crippen molar-refractivity contribution in [1.82, 2.24) is 24.9 Å². The summed E-state index contributed by atoms with van der Waals surface area (Å²) < 4.78 is 12.8. The van der Waals surface area contributed by atoms with Crippen molar-refractivity contribution in [3.63, 3.8) is 0 Å². The average molecular weight is 393 g/mol. The summed E-state index contributed by atoms with van der Waals surface area (Å²) in [4.78, 5) is 4.48. The molecule has 0 bridgehead atoms. The Bertz CT molecular complexity index is 1070.